The van der Waals surface area contributed by atoms with Crippen LogP contribution in [0.15, 0.2) is 132 Å². The van der Waals surface area contributed by atoms with Crippen LogP contribution in [0, 0.1) is 0 Å². The summed E-state index contributed by atoms with van der Waals surface area (Å²) >= 11 is 1.46. The van der Waals surface area contributed by atoms with Crippen molar-refractivity contribution in [1.29, 1.82) is 0 Å². The maximum Gasteiger partial charge on any atom is 0.295 e. The fourth-order valence-electron chi connectivity index (χ4n) is 7.86. The highest BCUT2D eigenvalue weighted by Gasteiger charge is 2.22. The van der Waals surface area contributed by atoms with Crippen molar-refractivity contribution in [2.75, 3.05) is 66.6 Å². The summed E-state index contributed by atoms with van der Waals surface area (Å²) in [4.78, 5) is 18.3. The first-order chi connectivity index (χ1) is 34.1. The number of unbranched alkanes of at least 4 members (excludes halogenated alkanes) is 1. The van der Waals surface area contributed by atoms with Gasteiger partial charge in [-0.1, -0.05) is 73.6 Å². The van der Waals surface area contributed by atoms with Crippen LogP contribution >= 0.6 is 11.8 Å². The highest BCUT2D eigenvalue weighted by Crippen LogP contribution is 2.44. The predicted octanol–water partition coefficient (Wildman–Crippen LogP) is 12.6. The highest BCUT2D eigenvalue weighted by molar-refractivity contribution is 7.99. The van der Waals surface area contributed by atoms with Crippen LogP contribution in [0.3, 0.4) is 0 Å². The first-order valence-corrected chi connectivity index (χ1v) is 26.7. The number of fused-ring (bicyclic) bond motifs is 2. The minimum atomic E-state index is -4.53. The Bertz CT molecular complexity index is 3140. The summed E-state index contributed by atoms with van der Waals surface area (Å²) in [5.74, 6) is 2.13. The molecule has 6 aromatic carbocycles. The Morgan fingerprint density at radius 1 is 0.549 bits per heavy atom. The van der Waals surface area contributed by atoms with Gasteiger partial charge in [0.05, 0.1) is 48.3 Å². The van der Waals surface area contributed by atoms with Crippen molar-refractivity contribution >= 4 is 111 Å². The molecule has 71 heavy (non-hydrogen) atoms. The molecule has 1 heterocycles. The number of nitrogens with zero attached hydrogens (tertiary/aromatic N) is 9. The normalized spacial score (nSPS) is 12.0. The zero-order valence-electron chi connectivity index (χ0n) is 40.3. The molecule has 19 nitrogen and oxygen atoms in total. The van der Waals surface area contributed by atoms with Gasteiger partial charge in [-0.3, -0.25) is 9.11 Å². The molecule has 0 bridgehead atoms. The van der Waals surface area contributed by atoms with E-state index in [1.807, 2.05) is 39.8 Å². The quantitative estimate of drug-likeness (QED) is 0.0213. The molecule has 0 saturated carbocycles. The van der Waals surface area contributed by atoms with Gasteiger partial charge in [-0.05, 0) is 70.5 Å². The van der Waals surface area contributed by atoms with Crippen molar-refractivity contribution in [1.82, 2.24) is 15.0 Å². The van der Waals surface area contributed by atoms with E-state index < -0.39 is 20.2 Å². The maximum atomic E-state index is 12.3. The summed E-state index contributed by atoms with van der Waals surface area (Å²) in [6.45, 7) is 12.9. The van der Waals surface area contributed by atoms with Gasteiger partial charge < -0.3 is 29.9 Å². The molecule has 0 radical (unpaired) electrons. The summed E-state index contributed by atoms with van der Waals surface area (Å²) in [6, 6.07) is 26.2. The second-order valence-corrected chi connectivity index (χ2v) is 19.6. The molecule has 0 aliphatic heterocycles. The van der Waals surface area contributed by atoms with Crippen LogP contribution in [0.4, 0.5) is 57.4 Å². The molecule has 0 spiro atoms. The number of methoxy groups -OCH3 is 2. The lowest BCUT2D eigenvalue weighted by molar-refractivity contribution is 0.414. The summed E-state index contributed by atoms with van der Waals surface area (Å²) in [6.07, 6.45) is 1.87. The molecule has 0 amide bonds. The van der Waals surface area contributed by atoms with Gasteiger partial charge in [0, 0.05) is 65.6 Å². The molecule has 0 atom stereocenters. The van der Waals surface area contributed by atoms with E-state index in [9.17, 15) is 25.9 Å². The van der Waals surface area contributed by atoms with Crippen molar-refractivity contribution in [2.24, 2.45) is 20.5 Å². The van der Waals surface area contributed by atoms with Crippen LogP contribution in [0.2, 0.25) is 0 Å². The zero-order valence-corrected chi connectivity index (χ0v) is 42.7. The average molecular weight is 1020 g/mol. The maximum absolute atomic E-state index is 12.3. The van der Waals surface area contributed by atoms with Crippen LogP contribution in [0.5, 0.6) is 11.5 Å². The van der Waals surface area contributed by atoms with E-state index in [1.54, 1.807) is 74.9 Å². The van der Waals surface area contributed by atoms with Crippen LogP contribution in [-0.2, 0) is 20.2 Å². The van der Waals surface area contributed by atoms with Crippen molar-refractivity contribution in [3.63, 3.8) is 0 Å². The van der Waals surface area contributed by atoms with Gasteiger partial charge >= 0.3 is 0 Å². The third-order valence-electron chi connectivity index (χ3n) is 11.4. The fraction of sp³-hybridized carbons (Fsp3) is 0.286. The monoisotopic (exact) mass is 1020 g/mol. The minimum Gasteiger partial charge on any atom is -0.494 e. The number of hydrogen-bond acceptors (Lipinski definition) is 18. The number of aromatic nitrogens is 3. The number of benzene rings is 6. The van der Waals surface area contributed by atoms with Gasteiger partial charge in [0.25, 0.3) is 20.2 Å². The van der Waals surface area contributed by atoms with E-state index in [1.165, 1.54) is 36.0 Å². The van der Waals surface area contributed by atoms with E-state index in [0.717, 1.165) is 30.0 Å². The molecule has 0 saturated heterocycles. The Hall–Kier alpha value is -6.98. The SMILES string of the molecule is CCCCSc1nc(Nc2cc(N(CC)CC)c(OC)cc2/N=N/c2ccc(S(=O)(=O)O)c3ccccc23)nc(Nc2cc(N(CC)CC)c(OC)cc2/N=N/c2ccc(S(=O)(=O)O)c3ccccc23)n1. The molecule has 0 aliphatic rings. The number of azo groups is 2. The van der Waals surface area contributed by atoms with E-state index in [0.29, 0.717) is 87.7 Å². The Morgan fingerprint density at radius 3 is 1.31 bits per heavy atom. The van der Waals surface area contributed by atoms with Gasteiger partial charge in [0.1, 0.15) is 32.7 Å². The topological polar surface area (TPSA) is 246 Å². The second-order valence-electron chi connectivity index (χ2n) is 15.8. The Morgan fingerprint density at radius 2 is 0.944 bits per heavy atom. The largest absolute Gasteiger partial charge is 0.494 e. The minimum absolute atomic E-state index is 0.169. The van der Waals surface area contributed by atoms with Crippen molar-refractivity contribution in [2.45, 2.75) is 62.4 Å². The standard InChI is InChI=1S/C49H55N11O8S3/c1-8-13-26-69-49-53-47(50-37-27-41(59(9-2)10-3)43(67-6)29-39(37)57-55-35-22-24-45(70(61,62)63)33-20-16-14-18-31(33)35)52-48(54-49)51-38-28-42(60(11-4)12-5)44(68-7)30-40(38)58-56-36-23-25-46(71(64,65)66)34-21-17-15-19-32(34)36/h14-25,27-30H,8-13,26H2,1-7H3,(H,61,62,63)(H,64,65,66)(H2,50,51,52,53,54)/b57-55+,58-56+. The number of rotatable bonds is 22. The summed E-state index contributed by atoms with van der Waals surface area (Å²) in [5, 5.41) is 27.2. The van der Waals surface area contributed by atoms with Crippen LogP contribution < -0.4 is 29.9 Å². The Kier molecular flexibility index (Phi) is 16.7. The van der Waals surface area contributed by atoms with Crippen LogP contribution in [0.25, 0.3) is 21.5 Å². The van der Waals surface area contributed by atoms with E-state index in [4.69, 9.17) is 24.4 Å². The zero-order chi connectivity index (χ0) is 50.9. The van der Waals surface area contributed by atoms with E-state index in [2.05, 4.69) is 47.8 Å². The highest BCUT2D eigenvalue weighted by atomic mass is 32.2. The van der Waals surface area contributed by atoms with E-state index in [-0.39, 0.29) is 32.5 Å². The third-order valence-corrected chi connectivity index (χ3v) is 14.2. The molecule has 7 aromatic rings. The van der Waals surface area contributed by atoms with Gasteiger partial charge in [-0.15, -0.1) is 20.5 Å². The van der Waals surface area contributed by atoms with Crippen LogP contribution in [0.1, 0.15) is 47.5 Å². The lowest BCUT2D eigenvalue weighted by Gasteiger charge is -2.25. The molecule has 4 N–H and O–H groups in total. The molecule has 372 valence electrons. The molecule has 0 fully saturated rings. The third kappa shape index (κ3) is 12.0. The molecule has 0 aliphatic carbocycles. The van der Waals surface area contributed by atoms with Crippen molar-refractivity contribution in [3.8, 4) is 11.5 Å². The van der Waals surface area contributed by atoms with Gasteiger partial charge in [0.2, 0.25) is 11.9 Å². The lowest BCUT2D eigenvalue weighted by atomic mass is 10.1. The lowest BCUT2D eigenvalue weighted by Crippen LogP contribution is -2.22. The molecule has 7 rings (SSSR count). The average Bonchev–Trinajstić information content (AvgIpc) is 3.35. The molecular formula is C49H55N11O8S3. The van der Waals surface area contributed by atoms with Crippen LogP contribution in [-0.4, -0.2) is 87.0 Å². The predicted molar refractivity (Wildman–Crippen MR) is 281 cm³/mol. The Balaban J connectivity index is 1.36. The molecule has 1 aromatic heterocycles. The van der Waals surface area contributed by atoms with Crippen molar-refractivity contribution in [3.05, 3.63) is 97.1 Å². The molecule has 0 unspecified atom stereocenters. The van der Waals surface area contributed by atoms with E-state index >= 15 is 0 Å². The first kappa shape index (κ1) is 51.9. The number of nitrogens with one attached hydrogen (secondary N) is 2. The summed E-state index contributed by atoms with van der Waals surface area (Å²) < 4.78 is 80.8. The fourth-order valence-corrected chi connectivity index (χ4v) is 10.2. The first-order valence-electron chi connectivity index (χ1n) is 22.8. The summed E-state index contributed by atoms with van der Waals surface area (Å²) in [7, 11) is -5.92. The van der Waals surface area contributed by atoms with Crippen molar-refractivity contribution < 1.29 is 35.4 Å². The Labute approximate surface area is 417 Å². The van der Waals surface area contributed by atoms with Gasteiger partial charge in [0.15, 0.2) is 5.16 Å². The number of hydrogen-bond donors (Lipinski definition) is 4. The summed E-state index contributed by atoms with van der Waals surface area (Å²) in [5.41, 5.74) is 3.86. The number of thioether (sulfide) groups is 1. The smallest absolute Gasteiger partial charge is 0.295 e. The molecular weight excluding hydrogens is 967 g/mol. The number of ether oxygens (including phenoxy) is 2. The van der Waals surface area contributed by atoms with Gasteiger partial charge in [-0.25, -0.2) is 0 Å². The second kappa shape index (κ2) is 22.8. The van der Waals surface area contributed by atoms with Gasteiger partial charge in [-0.2, -0.15) is 31.8 Å². The molecule has 22 heteroatoms. The number of anilines is 6.